The molecule has 4 atom stereocenters. The van der Waals surface area contributed by atoms with Gasteiger partial charge < -0.3 is 10.2 Å². The van der Waals surface area contributed by atoms with E-state index in [0.29, 0.717) is 17.3 Å². The predicted octanol–water partition coefficient (Wildman–Crippen LogP) is 1.16. The molecule has 0 heterocycles. The number of hydrogen-bond donors (Lipinski definition) is 2. The minimum atomic E-state index is -0.838. The maximum Gasteiger partial charge on any atom is 0.0880 e. The Labute approximate surface area is 73.6 Å². The lowest BCUT2D eigenvalue weighted by atomic mass is 9.84. The van der Waals surface area contributed by atoms with E-state index in [1.165, 1.54) is 0 Å². The fourth-order valence-electron chi connectivity index (χ4n) is 2.81. The molecular formula is C10H18O2. The normalized spacial score (nSPS) is 56.2. The molecule has 2 heteroatoms. The summed E-state index contributed by atoms with van der Waals surface area (Å²) in [7, 11) is 0. The minimum Gasteiger partial charge on any atom is -0.390 e. The molecule has 2 aliphatic rings. The van der Waals surface area contributed by atoms with Crippen LogP contribution in [0.1, 0.15) is 33.6 Å². The number of rotatable bonds is 0. The van der Waals surface area contributed by atoms with Crippen molar-refractivity contribution in [2.24, 2.45) is 17.3 Å². The van der Waals surface area contributed by atoms with Gasteiger partial charge in [-0.1, -0.05) is 13.8 Å². The van der Waals surface area contributed by atoms with Gasteiger partial charge in [-0.15, -0.1) is 0 Å². The van der Waals surface area contributed by atoms with Gasteiger partial charge in [0.05, 0.1) is 11.7 Å². The molecule has 0 saturated heterocycles. The van der Waals surface area contributed by atoms with E-state index in [1.54, 1.807) is 6.92 Å². The second-order valence-corrected chi connectivity index (χ2v) is 5.35. The number of aliphatic hydroxyl groups is 2. The van der Waals surface area contributed by atoms with E-state index < -0.39 is 11.7 Å². The summed E-state index contributed by atoms with van der Waals surface area (Å²) < 4.78 is 0. The van der Waals surface area contributed by atoms with Crippen LogP contribution in [-0.2, 0) is 0 Å². The van der Waals surface area contributed by atoms with Crippen molar-refractivity contribution in [1.82, 2.24) is 0 Å². The molecule has 2 nitrogen and oxygen atoms in total. The smallest absolute Gasteiger partial charge is 0.0880 e. The Hall–Kier alpha value is -0.0800. The highest BCUT2D eigenvalue weighted by molar-refractivity contribution is 5.12. The zero-order valence-corrected chi connectivity index (χ0v) is 8.04. The standard InChI is InChI=1S/C10H18O2/c1-9(2)6-4-8(11)10(3,12)5-7(6)9/h6-8,11-12H,4-5H2,1-3H3/t6-,7+,8+,10+/m0/s1. The van der Waals surface area contributed by atoms with Crippen LogP contribution in [0, 0.1) is 17.3 Å². The molecule has 0 aliphatic heterocycles. The molecule has 2 N–H and O–H groups in total. The first kappa shape index (κ1) is 8.52. The van der Waals surface area contributed by atoms with Gasteiger partial charge in [0.1, 0.15) is 0 Å². The van der Waals surface area contributed by atoms with E-state index in [9.17, 15) is 10.2 Å². The summed E-state index contributed by atoms with van der Waals surface area (Å²) in [6.07, 6.45) is 1.04. The van der Waals surface area contributed by atoms with E-state index in [-0.39, 0.29) is 0 Å². The lowest BCUT2D eigenvalue weighted by Crippen LogP contribution is -2.42. The molecule has 0 bridgehead atoms. The number of aliphatic hydroxyl groups excluding tert-OH is 1. The minimum absolute atomic E-state index is 0.363. The van der Waals surface area contributed by atoms with Crippen LogP contribution in [0.3, 0.4) is 0 Å². The quantitative estimate of drug-likeness (QED) is 0.573. The molecule has 0 radical (unpaired) electrons. The number of fused-ring (bicyclic) bond motifs is 1. The fourth-order valence-corrected chi connectivity index (χ4v) is 2.81. The zero-order chi connectivity index (χ0) is 9.15. The van der Waals surface area contributed by atoms with Crippen LogP contribution in [0.4, 0.5) is 0 Å². The van der Waals surface area contributed by atoms with Crippen LogP contribution >= 0.6 is 0 Å². The maximum absolute atomic E-state index is 9.82. The number of hydrogen-bond acceptors (Lipinski definition) is 2. The van der Waals surface area contributed by atoms with E-state index in [4.69, 9.17) is 0 Å². The third-order valence-electron chi connectivity index (χ3n) is 4.12. The Morgan fingerprint density at radius 1 is 1.17 bits per heavy atom. The SMILES string of the molecule is CC1(C)[C@@H]2C[C@@](C)(O)[C@H](O)C[C@@H]21. The summed E-state index contributed by atoms with van der Waals surface area (Å²) in [5.41, 5.74) is -0.476. The van der Waals surface area contributed by atoms with Crippen molar-refractivity contribution in [3.8, 4) is 0 Å². The summed E-state index contributed by atoms with van der Waals surface area (Å²) in [4.78, 5) is 0. The monoisotopic (exact) mass is 170 g/mol. The average Bonchev–Trinajstić information content (AvgIpc) is 2.37. The highest BCUT2D eigenvalue weighted by Gasteiger charge is 2.63. The second kappa shape index (κ2) is 2.05. The van der Waals surface area contributed by atoms with E-state index in [1.807, 2.05) is 0 Å². The van der Waals surface area contributed by atoms with Gasteiger partial charge in [0.2, 0.25) is 0 Å². The molecule has 2 fully saturated rings. The lowest BCUT2D eigenvalue weighted by Gasteiger charge is -2.32. The summed E-state index contributed by atoms with van der Waals surface area (Å²) in [6, 6.07) is 0. The van der Waals surface area contributed by atoms with Crippen molar-refractivity contribution in [1.29, 1.82) is 0 Å². The molecular weight excluding hydrogens is 152 g/mol. The topological polar surface area (TPSA) is 40.5 Å². The highest BCUT2D eigenvalue weighted by Crippen LogP contribution is 2.66. The van der Waals surface area contributed by atoms with Gasteiger partial charge in [-0.2, -0.15) is 0 Å². The predicted molar refractivity (Wildman–Crippen MR) is 46.6 cm³/mol. The molecule has 12 heavy (non-hydrogen) atoms. The van der Waals surface area contributed by atoms with Gasteiger partial charge >= 0.3 is 0 Å². The van der Waals surface area contributed by atoms with Crippen LogP contribution in [0.25, 0.3) is 0 Å². The molecule has 0 aromatic carbocycles. The largest absolute Gasteiger partial charge is 0.390 e. The Bertz CT molecular complexity index is 208. The van der Waals surface area contributed by atoms with Crippen LogP contribution in [-0.4, -0.2) is 21.9 Å². The average molecular weight is 170 g/mol. The lowest BCUT2D eigenvalue weighted by molar-refractivity contribution is -0.0892. The van der Waals surface area contributed by atoms with Gasteiger partial charge in [-0.05, 0) is 37.0 Å². The first-order chi connectivity index (χ1) is 5.36. The first-order valence-electron chi connectivity index (χ1n) is 4.76. The van der Waals surface area contributed by atoms with Crippen molar-refractivity contribution in [3.05, 3.63) is 0 Å². The van der Waals surface area contributed by atoms with Gasteiger partial charge in [0, 0.05) is 0 Å². The molecule has 70 valence electrons. The summed E-state index contributed by atoms with van der Waals surface area (Å²) >= 11 is 0. The van der Waals surface area contributed by atoms with E-state index in [0.717, 1.165) is 12.8 Å². The molecule has 0 spiro atoms. The van der Waals surface area contributed by atoms with Crippen molar-refractivity contribution in [2.45, 2.75) is 45.3 Å². The van der Waals surface area contributed by atoms with E-state index >= 15 is 0 Å². The molecule has 2 aliphatic carbocycles. The van der Waals surface area contributed by atoms with Gasteiger partial charge in [-0.25, -0.2) is 0 Å². The van der Waals surface area contributed by atoms with E-state index in [2.05, 4.69) is 13.8 Å². The highest BCUT2D eigenvalue weighted by atomic mass is 16.3. The fraction of sp³-hybridized carbons (Fsp3) is 1.00. The second-order valence-electron chi connectivity index (χ2n) is 5.35. The van der Waals surface area contributed by atoms with Crippen LogP contribution in [0.15, 0.2) is 0 Å². The van der Waals surface area contributed by atoms with Crippen molar-refractivity contribution in [2.75, 3.05) is 0 Å². The zero-order valence-electron chi connectivity index (χ0n) is 8.04. The van der Waals surface area contributed by atoms with Crippen LogP contribution in [0.5, 0.6) is 0 Å². The Morgan fingerprint density at radius 2 is 1.75 bits per heavy atom. The molecule has 0 aromatic heterocycles. The van der Waals surface area contributed by atoms with Gasteiger partial charge in [0.15, 0.2) is 0 Å². The first-order valence-corrected chi connectivity index (χ1v) is 4.76. The van der Waals surface area contributed by atoms with Gasteiger partial charge in [-0.3, -0.25) is 0 Å². The Morgan fingerprint density at radius 3 is 2.25 bits per heavy atom. The molecule has 0 aromatic rings. The molecule has 2 saturated carbocycles. The summed E-state index contributed by atoms with van der Waals surface area (Å²) in [5.74, 6) is 1.28. The third-order valence-corrected chi connectivity index (χ3v) is 4.12. The van der Waals surface area contributed by atoms with Gasteiger partial charge in [0.25, 0.3) is 0 Å². The summed E-state index contributed by atoms with van der Waals surface area (Å²) in [5, 5.41) is 19.4. The third kappa shape index (κ3) is 0.944. The summed E-state index contributed by atoms with van der Waals surface area (Å²) in [6.45, 7) is 6.22. The Balaban J connectivity index is 2.14. The van der Waals surface area contributed by atoms with Crippen LogP contribution in [0.2, 0.25) is 0 Å². The molecule has 0 amide bonds. The van der Waals surface area contributed by atoms with Crippen molar-refractivity contribution in [3.63, 3.8) is 0 Å². The van der Waals surface area contributed by atoms with Crippen LogP contribution < -0.4 is 0 Å². The Kier molecular flexibility index (Phi) is 1.45. The molecule has 2 rings (SSSR count). The van der Waals surface area contributed by atoms with Crippen molar-refractivity contribution >= 4 is 0 Å². The van der Waals surface area contributed by atoms with Crippen molar-refractivity contribution < 1.29 is 10.2 Å². The maximum atomic E-state index is 9.82. The molecule has 0 unspecified atom stereocenters.